The number of likely N-dealkylation sites (tertiary alicyclic amines) is 1. The first kappa shape index (κ1) is 21.8. The van der Waals surface area contributed by atoms with E-state index in [1.807, 2.05) is 6.92 Å². The molecule has 168 valence electrons. The molecule has 8 nitrogen and oxygen atoms in total. The van der Waals surface area contributed by atoms with Gasteiger partial charge in [-0.15, -0.1) is 0 Å². The van der Waals surface area contributed by atoms with Crippen LogP contribution in [0.2, 0.25) is 0 Å². The number of nitrogens with zero attached hydrogens (tertiary/aromatic N) is 5. The van der Waals surface area contributed by atoms with Crippen molar-refractivity contribution in [3.8, 4) is 0 Å². The van der Waals surface area contributed by atoms with Crippen molar-refractivity contribution < 1.29 is 4.74 Å². The molecule has 0 atom stereocenters. The average molecular weight is 427 g/mol. The first-order valence-electron chi connectivity index (χ1n) is 11.2. The maximum Gasteiger partial charge on any atom is 0.252 e. The Morgan fingerprint density at radius 1 is 1.23 bits per heavy atom. The van der Waals surface area contributed by atoms with Gasteiger partial charge in [0.2, 0.25) is 5.95 Å². The van der Waals surface area contributed by atoms with Crippen molar-refractivity contribution in [2.45, 2.75) is 52.6 Å². The summed E-state index contributed by atoms with van der Waals surface area (Å²) in [6.45, 7) is 16.9. The largest absolute Gasteiger partial charge is 0.378 e. The highest BCUT2D eigenvalue weighted by Crippen LogP contribution is 2.28. The molecule has 2 saturated heterocycles. The highest BCUT2D eigenvalue weighted by molar-refractivity contribution is 5.32. The SMILES string of the molecule is C=C(C)Cn1nc(C)c(CN2CCC(c3cc(=O)[nH]c(N4CCOCC4)n3)CC2)c1C. The fourth-order valence-corrected chi connectivity index (χ4v) is 4.58. The second-order valence-corrected chi connectivity index (χ2v) is 8.91. The van der Waals surface area contributed by atoms with Crippen molar-refractivity contribution in [1.82, 2.24) is 24.6 Å². The van der Waals surface area contributed by atoms with Gasteiger partial charge in [0.25, 0.3) is 5.56 Å². The minimum atomic E-state index is -0.0647. The predicted molar refractivity (Wildman–Crippen MR) is 122 cm³/mol. The smallest absolute Gasteiger partial charge is 0.252 e. The molecular weight excluding hydrogens is 392 g/mol. The van der Waals surface area contributed by atoms with E-state index in [1.54, 1.807) is 6.07 Å². The van der Waals surface area contributed by atoms with Gasteiger partial charge in [-0.1, -0.05) is 12.2 Å². The summed E-state index contributed by atoms with van der Waals surface area (Å²) in [6.07, 6.45) is 2.02. The molecule has 2 aliphatic rings. The molecule has 0 spiro atoms. The van der Waals surface area contributed by atoms with E-state index in [4.69, 9.17) is 14.8 Å². The number of nitrogens with one attached hydrogen (secondary N) is 1. The van der Waals surface area contributed by atoms with Gasteiger partial charge in [-0.2, -0.15) is 5.10 Å². The zero-order chi connectivity index (χ0) is 22.0. The number of aryl methyl sites for hydroxylation is 1. The van der Waals surface area contributed by atoms with E-state index < -0.39 is 0 Å². The lowest BCUT2D eigenvalue weighted by Crippen LogP contribution is -2.39. The number of hydrogen-bond donors (Lipinski definition) is 1. The Kier molecular flexibility index (Phi) is 6.57. The molecular formula is C23H34N6O2. The van der Waals surface area contributed by atoms with E-state index in [-0.39, 0.29) is 5.56 Å². The monoisotopic (exact) mass is 426 g/mol. The molecule has 0 aliphatic carbocycles. The Morgan fingerprint density at radius 3 is 2.61 bits per heavy atom. The summed E-state index contributed by atoms with van der Waals surface area (Å²) in [5.74, 6) is 1.01. The van der Waals surface area contributed by atoms with Crippen molar-refractivity contribution in [2.75, 3.05) is 44.3 Å². The Labute approximate surface area is 183 Å². The second-order valence-electron chi connectivity index (χ2n) is 8.91. The third-order valence-electron chi connectivity index (χ3n) is 6.40. The summed E-state index contributed by atoms with van der Waals surface area (Å²) in [6, 6.07) is 1.68. The summed E-state index contributed by atoms with van der Waals surface area (Å²) < 4.78 is 7.48. The number of rotatable bonds is 6. The molecule has 4 heterocycles. The van der Waals surface area contributed by atoms with Crippen LogP contribution >= 0.6 is 0 Å². The van der Waals surface area contributed by atoms with Gasteiger partial charge in [0.15, 0.2) is 0 Å². The molecule has 0 bridgehead atoms. The van der Waals surface area contributed by atoms with Gasteiger partial charge < -0.3 is 9.64 Å². The Hall–Kier alpha value is -2.45. The molecule has 0 amide bonds. The predicted octanol–water partition coefficient (Wildman–Crippen LogP) is 2.38. The van der Waals surface area contributed by atoms with Crippen LogP contribution in [0, 0.1) is 13.8 Å². The fourth-order valence-electron chi connectivity index (χ4n) is 4.58. The summed E-state index contributed by atoms with van der Waals surface area (Å²) in [5.41, 5.74) is 5.63. The van der Waals surface area contributed by atoms with E-state index in [9.17, 15) is 4.79 Å². The molecule has 1 N–H and O–H groups in total. The summed E-state index contributed by atoms with van der Waals surface area (Å²) >= 11 is 0. The van der Waals surface area contributed by atoms with Gasteiger partial charge >= 0.3 is 0 Å². The number of allylic oxidation sites excluding steroid dienone is 1. The van der Waals surface area contributed by atoms with Crippen LogP contribution in [0.4, 0.5) is 5.95 Å². The van der Waals surface area contributed by atoms with E-state index in [0.29, 0.717) is 25.1 Å². The van der Waals surface area contributed by atoms with Crippen LogP contribution in [0.3, 0.4) is 0 Å². The van der Waals surface area contributed by atoms with Crippen LogP contribution in [-0.4, -0.2) is 64.0 Å². The molecule has 8 heteroatoms. The second kappa shape index (κ2) is 9.36. The first-order valence-corrected chi connectivity index (χ1v) is 11.2. The first-order chi connectivity index (χ1) is 14.9. The van der Waals surface area contributed by atoms with Crippen molar-refractivity contribution in [3.05, 3.63) is 51.2 Å². The molecule has 2 aliphatic heterocycles. The Balaban J connectivity index is 1.40. The van der Waals surface area contributed by atoms with Gasteiger partial charge in [0.05, 0.1) is 31.1 Å². The van der Waals surface area contributed by atoms with Crippen LogP contribution in [0.15, 0.2) is 23.0 Å². The highest BCUT2D eigenvalue weighted by Gasteiger charge is 2.25. The van der Waals surface area contributed by atoms with Crippen LogP contribution < -0.4 is 10.5 Å². The zero-order valence-electron chi connectivity index (χ0n) is 19.0. The minimum Gasteiger partial charge on any atom is -0.378 e. The molecule has 4 rings (SSSR count). The quantitative estimate of drug-likeness (QED) is 0.715. The molecule has 0 aromatic carbocycles. The zero-order valence-corrected chi connectivity index (χ0v) is 19.0. The van der Waals surface area contributed by atoms with Crippen molar-refractivity contribution in [2.24, 2.45) is 0 Å². The topological polar surface area (TPSA) is 79.3 Å². The van der Waals surface area contributed by atoms with Crippen molar-refractivity contribution in [3.63, 3.8) is 0 Å². The van der Waals surface area contributed by atoms with Crippen LogP contribution in [0.1, 0.15) is 48.3 Å². The number of morpholine rings is 1. The molecule has 31 heavy (non-hydrogen) atoms. The molecule has 0 unspecified atom stereocenters. The Morgan fingerprint density at radius 2 is 1.94 bits per heavy atom. The number of piperidine rings is 1. The number of ether oxygens (including phenoxy) is 1. The lowest BCUT2D eigenvalue weighted by molar-refractivity contribution is 0.122. The van der Waals surface area contributed by atoms with Crippen LogP contribution in [0.25, 0.3) is 0 Å². The lowest BCUT2D eigenvalue weighted by atomic mass is 9.93. The number of aromatic amines is 1. The summed E-state index contributed by atoms with van der Waals surface area (Å²) in [7, 11) is 0. The van der Waals surface area contributed by atoms with Crippen molar-refractivity contribution >= 4 is 5.95 Å². The number of aromatic nitrogens is 4. The van der Waals surface area contributed by atoms with E-state index in [1.165, 1.54) is 11.3 Å². The van der Waals surface area contributed by atoms with Crippen molar-refractivity contribution in [1.29, 1.82) is 0 Å². The van der Waals surface area contributed by atoms with Gasteiger partial charge in [-0.05, 0) is 46.7 Å². The summed E-state index contributed by atoms with van der Waals surface area (Å²) in [4.78, 5) is 24.6. The van der Waals surface area contributed by atoms with Gasteiger partial charge in [0.1, 0.15) is 0 Å². The third kappa shape index (κ3) is 5.07. The maximum atomic E-state index is 12.3. The molecule has 0 saturated carbocycles. The van der Waals surface area contributed by atoms with Crippen LogP contribution in [-0.2, 0) is 17.8 Å². The maximum absolute atomic E-state index is 12.3. The molecule has 2 fully saturated rings. The van der Waals surface area contributed by atoms with Gasteiger partial charge in [0, 0.05) is 42.9 Å². The molecule has 0 radical (unpaired) electrons. The van der Waals surface area contributed by atoms with E-state index in [0.717, 1.165) is 69.1 Å². The van der Waals surface area contributed by atoms with Gasteiger partial charge in [-0.25, -0.2) is 4.98 Å². The molecule has 2 aromatic heterocycles. The standard InChI is InChI=1S/C23H34N6O2/c1-16(2)14-29-18(4)20(17(3)26-29)15-27-7-5-19(6-8-27)21-13-22(30)25-23(24-21)28-9-11-31-12-10-28/h13,19H,1,5-12,14-15H2,2-4H3,(H,24,25,30). The highest BCUT2D eigenvalue weighted by atomic mass is 16.5. The van der Waals surface area contributed by atoms with Gasteiger partial charge in [-0.3, -0.25) is 19.4 Å². The fraction of sp³-hybridized carbons (Fsp3) is 0.609. The number of hydrogen-bond acceptors (Lipinski definition) is 6. The number of H-pyrrole nitrogens is 1. The van der Waals surface area contributed by atoms with E-state index in [2.05, 4.69) is 39.9 Å². The lowest BCUT2D eigenvalue weighted by Gasteiger charge is -2.32. The van der Waals surface area contributed by atoms with Crippen LogP contribution in [0.5, 0.6) is 0 Å². The molecule has 2 aromatic rings. The Bertz CT molecular complexity index is 980. The summed E-state index contributed by atoms with van der Waals surface area (Å²) in [5, 5.41) is 4.71. The number of anilines is 1. The average Bonchev–Trinajstić information content (AvgIpc) is 3.01. The van der Waals surface area contributed by atoms with E-state index >= 15 is 0 Å². The normalized spacial score (nSPS) is 18.5. The minimum absolute atomic E-state index is 0.0647. The third-order valence-corrected chi connectivity index (χ3v) is 6.40.